The van der Waals surface area contributed by atoms with Crippen LogP contribution >= 0.6 is 23.4 Å². The third kappa shape index (κ3) is 5.04. The Bertz CT molecular complexity index is 352. The number of carbonyl (C=O) groups excluding carboxylic acids is 1. The van der Waals surface area contributed by atoms with Gasteiger partial charge in [0.25, 0.3) is 0 Å². The lowest BCUT2D eigenvalue weighted by Crippen LogP contribution is -2.08. The van der Waals surface area contributed by atoms with Crippen LogP contribution in [0.25, 0.3) is 0 Å². The fraction of sp³-hybridized carbons (Fsp3) is 0.462. The number of hydrogen-bond donors (Lipinski definition) is 0. The monoisotopic (exact) mass is 256 g/mol. The summed E-state index contributed by atoms with van der Waals surface area (Å²) in [7, 11) is 0. The van der Waals surface area contributed by atoms with Crippen LogP contribution in [0.3, 0.4) is 0 Å². The Morgan fingerprint density at radius 3 is 2.88 bits per heavy atom. The molecular formula is C13H17ClOS. The van der Waals surface area contributed by atoms with Crippen molar-refractivity contribution in [2.45, 2.75) is 31.9 Å². The number of Topliss-reactive ketones (excluding diaryl/α,β-unsaturated/α-hetero) is 1. The molecule has 0 aliphatic carbocycles. The molecule has 0 saturated heterocycles. The number of carbonyl (C=O) groups is 1. The Morgan fingerprint density at radius 1 is 1.50 bits per heavy atom. The maximum atomic E-state index is 11.7. The lowest BCUT2D eigenvalue weighted by molar-refractivity contribution is -0.116. The predicted octanol–water partition coefficient (Wildman–Crippen LogP) is 3.98. The molecule has 0 aromatic heterocycles. The zero-order valence-electron chi connectivity index (χ0n) is 9.70. The largest absolute Gasteiger partial charge is 0.298 e. The molecule has 0 amide bonds. The standard InChI is InChI=1S/C13H17ClOS/c1-3-10(2)16-9-13(15)8-11-5-4-6-12(14)7-11/h4-7,10H,3,8-9H2,1-2H3. The summed E-state index contributed by atoms with van der Waals surface area (Å²) in [6.07, 6.45) is 1.60. The van der Waals surface area contributed by atoms with Gasteiger partial charge in [0.1, 0.15) is 5.78 Å². The van der Waals surface area contributed by atoms with E-state index in [1.165, 1.54) is 0 Å². The van der Waals surface area contributed by atoms with Crippen LogP contribution in [0.2, 0.25) is 5.02 Å². The van der Waals surface area contributed by atoms with E-state index in [4.69, 9.17) is 11.6 Å². The first-order valence-corrected chi connectivity index (χ1v) is 6.92. The molecule has 0 spiro atoms. The molecule has 1 aromatic rings. The molecule has 1 unspecified atom stereocenters. The summed E-state index contributed by atoms with van der Waals surface area (Å²) < 4.78 is 0. The van der Waals surface area contributed by atoms with E-state index in [2.05, 4.69) is 13.8 Å². The third-order valence-electron chi connectivity index (χ3n) is 2.39. The molecule has 1 rings (SSSR count). The number of hydrogen-bond acceptors (Lipinski definition) is 2. The SMILES string of the molecule is CCC(C)SCC(=O)Cc1cccc(Cl)c1. The molecular weight excluding hydrogens is 240 g/mol. The van der Waals surface area contributed by atoms with E-state index in [0.717, 1.165) is 12.0 Å². The topological polar surface area (TPSA) is 17.1 Å². The fourth-order valence-electron chi connectivity index (χ4n) is 1.28. The van der Waals surface area contributed by atoms with E-state index in [9.17, 15) is 4.79 Å². The first-order valence-electron chi connectivity index (χ1n) is 5.49. The Kier molecular flexibility index (Phi) is 5.93. The Balaban J connectivity index is 2.40. The van der Waals surface area contributed by atoms with Gasteiger partial charge < -0.3 is 0 Å². The van der Waals surface area contributed by atoms with E-state index in [0.29, 0.717) is 22.4 Å². The highest BCUT2D eigenvalue weighted by atomic mass is 35.5. The van der Waals surface area contributed by atoms with Crippen LogP contribution in [0.1, 0.15) is 25.8 Å². The molecule has 0 radical (unpaired) electrons. The van der Waals surface area contributed by atoms with E-state index in [-0.39, 0.29) is 5.78 Å². The average Bonchev–Trinajstić information content (AvgIpc) is 2.26. The maximum absolute atomic E-state index is 11.7. The van der Waals surface area contributed by atoms with E-state index in [1.54, 1.807) is 11.8 Å². The van der Waals surface area contributed by atoms with Gasteiger partial charge in [0, 0.05) is 16.7 Å². The molecule has 0 saturated carbocycles. The zero-order chi connectivity index (χ0) is 12.0. The van der Waals surface area contributed by atoms with Gasteiger partial charge in [-0.2, -0.15) is 11.8 Å². The summed E-state index contributed by atoms with van der Waals surface area (Å²) in [6.45, 7) is 4.29. The van der Waals surface area contributed by atoms with Gasteiger partial charge in [-0.25, -0.2) is 0 Å². The van der Waals surface area contributed by atoms with Gasteiger partial charge in [-0.3, -0.25) is 4.79 Å². The Hall–Kier alpha value is -0.470. The zero-order valence-corrected chi connectivity index (χ0v) is 11.3. The van der Waals surface area contributed by atoms with Crippen LogP contribution in [0.5, 0.6) is 0 Å². The van der Waals surface area contributed by atoms with Crippen LogP contribution in [0.15, 0.2) is 24.3 Å². The molecule has 1 nitrogen and oxygen atoms in total. The van der Waals surface area contributed by atoms with E-state index >= 15 is 0 Å². The van der Waals surface area contributed by atoms with Crippen molar-refractivity contribution in [3.63, 3.8) is 0 Å². The molecule has 1 aromatic carbocycles. The molecule has 0 aliphatic heterocycles. The molecule has 3 heteroatoms. The highest BCUT2D eigenvalue weighted by Crippen LogP contribution is 2.15. The molecule has 0 fully saturated rings. The lowest BCUT2D eigenvalue weighted by Gasteiger charge is -2.07. The third-order valence-corrected chi connectivity index (χ3v) is 4.02. The molecule has 0 bridgehead atoms. The van der Waals surface area contributed by atoms with Gasteiger partial charge in [-0.1, -0.05) is 37.6 Å². The van der Waals surface area contributed by atoms with E-state index in [1.807, 2.05) is 24.3 Å². The lowest BCUT2D eigenvalue weighted by atomic mass is 10.1. The summed E-state index contributed by atoms with van der Waals surface area (Å²) >= 11 is 7.59. The highest BCUT2D eigenvalue weighted by Gasteiger charge is 2.07. The molecule has 1 atom stereocenters. The van der Waals surface area contributed by atoms with Crippen molar-refractivity contribution in [1.82, 2.24) is 0 Å². The second-order valence-electron chi connectivity index (χ2n) is 3.88. The average molecular weight is 257 g/mol. The van der Waals surface area contributed by atoms with Crippen molar-refractivity contribution < 1.29 is 4.79 Å². The van der Waals surface area contributed by atoms with Gasteiger partial charge in [0.05, 0.1) is 5.75 Å². The minimum absolute atomic E-state index is 0.271. The number of thioether (sulfide) groups is 1. The van der Waals surface area contributed by atoms with Crippen molar-refractivity contribution in [2.75, 3.05) is 5.75 Å². The summed E-state index contributed by atoms with van der Waals surface area (Å²) in [5.74, 6) is 0.870. The smallest absolute Gasteiger partial charge is 0.147 e. The maximum Gasteiger partial charge on any atom is 0.147 e. The van der Waals surface area contributed by atoms with E-state index < -0.39 is 0 Å². The normalized spacial score (nSPS) is 12.4. The summed E-state index contributed by atoms with van der Waals surface area (Å²) in [5.41, 5.74) is 1.00. The van der Waals surface area contributed by atoms with Crippen LogP contribution in [-0.2, 0) is 11.2 Å². The van der Waals surface area contributed by atoms with Crippen LogP contribution in [0.4, 0.5) is 0 Å². The Morgan fingerprint density at radius 2 is 2.25 bits per heavy atom. The molecule has 16 heavy (non-hydrogen) atoms. The molecule has 0 aliphatic rings. The number of benzene rings is 1. The number of halogens is 1. The van der Waals surface area contributed by atoms with Crippen LogP contribution in [0, 0.1) is 0 Å². The summed E-state index contributed by atoms with van der Waals surface area (Å²) in [6, 6.07) is 7.50. The minimum Gasteiger partial charge on any atom is -0.298 e. The summed E-state index contributed by atoms with van der Waals surface area (Å²) in [5, 5.41) is 1.25. The van der Waals surface area contributed by atoms with Crippen molar-refractivity contribution >= 4 is 29.1 Å². The molecule has 0 heterocycles. The van der Waals surface area contributed by atoms with Crippen LogP contribution in [-0.4, -0.2) is 16.8 Å². The van der Waals surface area contributed by atoms with Gasteiger partial charge in [-0.15, -0.1) is 0 Å². The first-order chi connectivity index (χ1) is 7.61. The highest BCUT2D eigenvalue weighted by molar-refractivity contribution is 8.00. The number of rotatable bonds is 6. The Labute approximate surface area is 107 Å². The predicted molar refractivity (Wildman–Crippen MR) is 72.4 cm³/mol. The fourth-order valence-corrected chi connectivity index (χ4v) is 2.30. The molecule has 88 valence electrons. The van der Waals surface area contributed by atoms with Crippen molar-refractivity contribution in [3.05, 3.63) is 34.9 Å². The number of ketones is 1. The van der Waals surface area contributed by atoms with Crippen molar-refractivity contribution in [2.24, 2.45) is 0 Å². The van der Waals surface area contributed by atoms with Gasteiger partial charge >= 0.3 is 0 Å². The van der Waals surface area contributed by atoms with Crippen molar-refractivity contribution in [1.29, 1.82) is 0 Å². The van der Waals surface area contributed by atoms with Gasteiger partial charge in [-0.05, 0) is 24.1 Å². The van der Waals surface area contributed by atoms with Crippen LogP contribution < -0.4 is 0 Å². The van der Waals surface area contributed by atoms with Gasteiger partial charge in [0.15, 0.2) is 0 Å². The quantitative estimate of drug-likeness (QED) is 0.766. The van der Waals surface area contributed by atoms with Crippen molar-refractivity contribution in [3.8, 4) is 0 Å². The second-order valence-corrected chi connectivity index (χ2v) is 5.74. The first kappa shape index (κ1) is 13.6. The summed E-state index contributed by atoms with van der Waals surface area (Å²) in [4.78, 5) is 11.7. The second kappa shape index (κ2) is 6.97. The molecule has 0 N–H and O–H groups in total. The minimum atomic E-state index is 0.271. The van der Waals surface area contributed by atoms with Gasteiger partial charge in [0.2, 0.25) is 0 Å².